The second-order valence-corrected chi connectivity index (χ2v) is 3.01. The van der Waals surface area contributed by atoms with Crippen LogP contribution in [-0.2, 0) is 9.47 Å². The Labute approximate surface area is 67.9 Å². The molecule has 0 amide bonds. The number of ether oxygens (including phenoxy) is 2. The van der Waals surface area contributed by atoms with Gasteiger partial charge in [-0.2, -0.15) is 0 Å². The van der Waals surface area contributed by atoms with Gasteiger partial charge in [0.15, 0.2) is 0 Å². The van der Waals surface area contributed by atoms with Crippen LogP contribution in [0, 0.1) is 0 Å². The average molecular weight is 159 g/mol. The third-order valence-electron chi connectivity index (χ3n) is 1.89. The highest BCUT2D eigenvalue weighted by molar-refractivity contribution is 4.69. The molecule has 0 aromatic rings. The lowest BCUT2D eigenvalue weighted by molar-refractivity contribution is -0.00723. The molecule has 1 rings (SSSR count). The molecule has 2 N–H and O–H groups in total. The van der Waals surface area contributed by atoms with E-state index in [0.717, 1.165) is 12.8 Å². The first-order chi connectivity index (χ1) is 5.33. The first-order valence-electron chi connectivity index (χ1n) is 4.26. The molecule has 1 fully saturated rings. The van der Waals surface area contributed by atoms with Gasteiger partial charge in [0.25, 0.3) is 0 Å². The zero-order chi connectivity index (χ0) is 8.10. The summed E-state index contributed by atoms with van der Waals surface area (Å²) in [6.45, 7) is 4.06. The van der Waals surface area contributed by atoms with Crippen molar-refractivity contribution in [3.8, 4) is 0 Å². The van der Waals surface area contributed by atoms with Crippen molar-refractivity contribution in [1.29, 1.82) is 0 Å². The molecule has 11 heavy (non-hydrogen) atoms. The molecule has 3 nitrogen and oxygen atoms in total. The van der Waals surface area contributed by atoms with Crippen molar-refractivity contribution in [2.45, 2.75) is 32.0 Å². The van der Waals surface area contributed by atoms with Crippen molar-refractivity contribution >= 4 is 0 Å². The fourth-order valence-electron chi connectivity index (χ4n) is 1.31. The fourth-order valence-corrected chi connectivity index (χ4v) is 1.31. The quantitative estimate of drug-likeness (QED) is 0.608. The molecular formula is C8H17NO2. The van der Waals surface area contributed by atoms with Crippen LogP contribution in [0.2, 0.25) is 0 Å². The minimum Gasteiger partial charge on any atom is -0.377 e. The third-order valence-corrected chi connectivity index (χ3v) is 1.89. The van der Waals surface area contributed by atoms with Gasteiger partial charge < -0.3 is 15.2 Å². The van der Waals surface area contributed by atoms with Crippen molar-refractivity contribution in [3.05, 3.63) is 0 Å². The molecule has 66 valence electrons. The van der Waals surface area contributed by atoms with Gasteiger partial charge >= 0.3 is 0 Å². The number of nitrogens with two attached hydrogens (primary N) is 1. The van der Waals surface area contributed by atoms with Crippen molar-refractivity contribution in [2.75, 3.05) is 19.8 Å². The van der Waals surface area contributed by atoms with Crippen LogP contribution in [0.25, 0.3) is 0 Å². The van der Waals surface area contributed by atoms with E-state index in [0.29, 0.717) is 32.0 Å². The first kappa shape index (κ1) is 8.97. The zero-order valence-corrected chi connectivity index (χ0v) is 7.08. The van der Waals surface area contributed by atoms with Crippen LogP contribution in [0.4, 0.5) is 0 Å². The molecule has 0 aromatic heterocycles. The van der Waals surface area contributed by atoms with Crippen molar-refractivity contribution in [2.24, 2.45) is 5.73 Å². The number of rotatable bonds is 4. The Balaban J connectivity index is 1.99. The van der Waals surface area contributed by atoms with Crippen LogP contribution in [-0.4, -0.2) is 32.0 Å². The van der Waals surface area contributed by atoms with E-state index >= 15 is 0 Å². The van der Waals surface area contributed by atoms with E-state index in [-0.39, 0.29) is 0 Å². The maximum absolute atomic E-state index is 5.54. The maximum Gasteiger partial charge on any atom is 0.0813 e. The Morgan fingerprint density at radius 1 is 1.55 bits per heavy atom. The van der Waals surface area contributed by atoms with Gasteiger partial charge in [-0.1, -0.05) is 0 Å². The molecular weight excluding hydrogens is 142 g/mol. The smallest absolute Gasteiger partial charge is 0.0813 e. The van der Waals surface area contributed by atoms with Crippen LogP contribution < -0.4 is 5.73 Å². The highest BCUT2D eigenvalue weighted by Gasteiger charge is 2.21. The molecule has 0 aromatic carbocycles. The number of hydrogen-bond donors (Lipinski definition) is 1. The number of hydrogen-bond acceptors (Lipinski definition) is 3. The predicted molar refractivity (Wildman–Crippen MR) is 43.4 cm³/mol. The van der Waals surface area contributed by atoms with E-state index in [4.69, 9.17) is 15.2 Å². The Bertz CT molecular complexity index is 108. The Hall–Kier alpha value is -0.120. The van der Waals surface area contributed by atoms with Crippen LogP contribution in [0.1, 0.15) is 19.8 Å². The Morgan fingerprint density at radius 3 is 2.91 bits per heavy atom. The van der Waals surface area contributed by atoms with Gasteiger partial charge in [-0.15, -0.1) is 0 Å². The second-order valence-electron chi connectivity index (χ2n) is 3.01. The summed E-state index contributed by atoms with van der Waals surface area (Å²) in [6, 6.07) is 0. The lowest BCUT2D eigenvalue weighted by atomic mass is 10.2. The molecule has 1 aliphatic rings. The van der Waals surface area contributed by atoms with E-state index in [1.165, 1.54) is 0 Å². The molecule has 0 bridgehead atoms. The second kappa shape index (κ2) is 4.70. The van der Waals surface area contributed by atoms with Gasteiger partial charge in [0.1, 0.15) is 0 Å². The molecule has 1 saturated heterocycles. The minimum atomic E-state index is 0.316. The zero-order valence-electron chi connectivity index (χ0n) is 7.08. The van der Waals surface area contributed by atoms with Gasteiger partial charge in [-0.3, -0.25) is 0 Å². The molecule has 0 radical (unpaired) electrons. The Kier molecular flexibility index (Phi) is 3.83. The fraction of sp³-hybridized carbons (Fsp3) is 1.00. The topological polar surface area (TPSA) is 44.5 Å². The third kappa shape index (κ3) is 3.18. The first-order valence-corrected chi connectivity index (χ1v) is 4.26. The lowest BCUT2D eigenvalue weighted by Gasteiger charge is -2.10. The molecule has 0 spiro atoms. The van der Waals surface area contributed by atoms with Gasteiger partial charge in [-0.25, -0.2) is 0 Å². The normalized spacial score (nSPS) is 31.1. The predicted octanol–water partition coefficient (Wildman–Crippen LogP) is 0.529. The molecule has 1 heterocycles. The van der Waals surface area contributed by atoms with Crippen molar-refractivity contribution in [3.63, 3.8) is 0 Å². The summed E-state index contributed by atoms with van der Waals surface area (Å²) in [4.78, 5) is 0. The van der Waals surface area contributed by atoms with E-state index in [1.807, 2.05) is 0 Å². The summed E-state index contributed by atoms with van der Waals surface area (Å²) < 4.78 is 10.8. The largest absolute Gasteiger partial charge is 0.377 e. The SMILES string of the molecule is CC1CCC(COCCN)O1. The van der Waals surface area contributed by atoms with Crippen LogP contribution >= 0.6 is 0 Å². The molecule has 0 aliphatic carbocycles. The van der Waals surface area contributed by atoms with Gasteiger partial charge in [0.05, 0.1) is 25.4 Å². The van der Waals surface area contributed by atoms with E-state index in [9.17, 15) is 0 Å². The highest BCUT2D eigenvalue weighted by Crippen LogP contribution is 2.18. The van der Waals surface area contributed by atoms with Gasteiger partial charge in [0.2, 0.25) is 0 Å². The highest BCUT2D eigenvalue weighted by atomic mass is 16.5. The van der Waals surface area contributed by atoms with Crippen molar-refractivity contribution < 1.29 is 9.47 Å². The van der Waals surface area contributed by atoms with E-state index in [2.05, 4.69) is 6.92 Å². The summed E-state index contributed by atoms with van der Waals surface area (Å²) >= 11 is 0. The minimum absolute atomic E-state index is 0.316. The van der Waals surface area contributed by atoms with Gasteiger partial charge in [0, 0.05) is 6.54 Å². The monoisotopic (exact) mass is 159 g/mol. The molecule has 2 unspecified atom stereocenters. The molecule has 0 saturated carbocycles. The maximum atomic E-state index is 5.54. The van der Waals surface area contributed by atoms with E-state index in [1.54, 1.807) is 0 Å². The van der Waals surface area contributed by atoms with E-state index < -0.39 is 0 Å². The molecule has 2 atom stereocenters. The lowest BCUT2D eigenvalue weighted by Crippen LogP contribution is -2.18. The summed E-state index contributed by atoms with van der Waals surface area (Å²) in [5, 5.41) is 0. The van der Waals surface area contributed by atoms with Gasteiger partial charge in [-0.05, 0) is 19.8 Å². The summed E-state index contributed by atoms with van der Waals surface area (Å²) in [5.74, 6) is 0. The molecule has 1 aliphatic heterocycles. The van der Waals surface area contributed by atoms with Crippen molar-refractivity contribution in [1.82, 2.24) is 0 Å². The molecule has 3 heteroatoms. The summed E-state index contributed by atoms with van der Waals surface area (Å²) in [6.07, 6.45) is 3.03. The average Bonchev–Trinajstić information content (AvgIpc) is 2.37. The van der Waals surface area contributed by atoms with Crippen LogP contribution in [0.15, 0.2) is 0 Å². The summed E-state index contributed by atoms with van der Waals surface area (Å²) in [5.41, 5.74) is 5.27. The van der Waals surface area contributed by atoms with Crippen LogP contribution in [0.3, 0.4) is 0 Å². The Morgan fingerprint density at radius 2 is 2.36 bits per heavy atom. The standard InChI is InChI=1S/C8H17NO2/c1-7-2-3-8(11-7)6-10-5-4-9/h7-8H,2-6,9H2,1H3. The summed E-state index contributed by atoms with van der Waals surface area (Å²) in [7, 11) is 0. The van der Waals surface area contributed by atoms with Crippen LogP contribution in [0.5, 0.6) is 0 Å².